The number of anilines is 2. The molecule has 0 saturated carbocycles. The van der Waals surface area contributed by atoms with Gasteiger partial charge in [0.05, 0.1) is 11.5 Å². The van der Waals surface area contributed by atoms with Gasteiger partial charge in [0.2, 0.25) is 11.8 Å². The number of carbonyl (C=O) groups is 2. The third kappa shape index (κ3) is 4.56. The Bertz CT molecular complexity index is 976. The van der Waals surface area contributed by atoms with Crippen molar-refractivity contribution in [2.75, 3.05) is 16.4 Å². The number of aryl methyl sites for hydroxylation is 1. The third-order valence-electron chi connectivity index (χ3n) is 4.42. The number of thioether (sulfide) groups is 1. The zero-order chi connectivity index (χ0) is 20.3. The molecular formula is C19H21ClN4O3S. The molecule has 1 aromatic heterocycles. The molecule has 3 rings (SSSR count). The molecule has 3 N–H and O–H groups in total. The van der Waals surface area contributed by atoms with Crippen molar-refractivity contribution >= 4 is 46.7 Å². The fourth-order valence-electron chi connectivity index (χ4n) is 2.86. The number of halogens is 1. The van der Waals surface area contributed by atoms with Gasteiger partial charge in [-0.25, -0.2) is 4.98 Å². The number of rotatable bonds is 6. The molecule has 0 saturated heterocycles. The largest absolute Gasteiger partial charge is 0.325 e. The number of H-pyrrole nitrogens is 1. The predicted octanol–water partition coefficient (Wildman–Crippen LogP) is 3.69. The maximum absolute atomic E-state index is 12.8. The van der Waals surface area contributed by atoms with Gasteiger partial charge in [0.1, 0.15) is 5.82 Å². The van der Waals surface area contributed by atoms with E-state index in [-0.39, 0.29) is 23.7 Å². The lowest BCUT2D eigenvalue weighted by Crippen LogP contribution is -2.36. The zero-order valence-electron chi connectivity index (χ0n) is 15.6. The van der Waals surface area contributed by atoms with Gasteiger partial charge in [-0.15, -0.1) is 0 Å². The SMILES string of the molecule is CCCCSc1nc2c(c(=O)[nH]1)[C@@H](C(=O)Nc1ccc(C)c(Cl)c1)CC(=O)N2. The molecule has 1 atom stereocenters. The number of carbonyl (C=O) groups excluding carboxylic acids is 2. The smallest absolute Gasteiger partial charge is 0.257 e. The molecule has 148 valence electrons. The highest BCUT2D eigenvalue weighted by molar-refractivity contribution is 7.99. The monoisotopic (exact) mass is 420 g/mol. The highest BCUT2D eigenvalue weighted by Gasteiger charge is 2.34. The molecule has 0 spiro atoms. The highest BCUT2D eigenvalue weighted by atomic mass is 35.5. The van der Waals surface area contributed by atoms with Crippen molar-refractivity contribution in [2.45, 2.75) is 44.2 Å². The molecule has 2 amide bonds. The highest BCUT2D eigenvalue weighted by Crippen LogP contribution is 2.31. The van der Waals surface area contributed by atoms with Gasteiger partial charge in [-0.1, -0.05) is 42.8 Å². The fraction of sp³-hybridized carbons (Fsp3) is 0.368. The molecule has 0 fully saturated rings. The standard InChI is InChI=1S/C19H21ClN4O3S/c1-3-4-7-28-19-23-16-15(18(27)24-19)12(9-14(25)22-16)17(26)21-11-6-5-10(2)13(20)8-11/h5-6,8,12H,3-4,7,9H2,1-2H3,(H,21,26)(H2,22,23,24,25,27)/t12-/m0/s1. The van der Waals surface area contributed by atoms with Gasteiger partial charge in [-0.2, -0.15) is 0 Å². The molecule has 7 nitrogen and oxygen atoms in total. The number of aromatic nitrogens is 2. The topological polar surface area (TPSA) is 104 Å². The van der Waals surface area contributed by atoms with Crippen molar-refractivity contribution in [3.8, 4) is 0 Å². The Balaban J connectivity index is 1.87. The molecule has 9 heteroatoms. The van der Waals surface area contributed by atoms with Crippen molar-refractivity contribution in [2.24, 2.45) is 0 Å². The Morgan fingerprint density at radius 3 is 2.89 bits per heavy atom. The number of aromatic amines is 1. The summed E-state index contributed by atoms with van der Waals surface area (Å²) in [4.78, 5) is 44.6. The lowest BCUT2D eigenvalue weighted by atomic mass is 9.92. The summed E-state index contributed by atoms with van der Waals surface area (Å²) >= 11 is 7.51. The number of benzene rings is 1. The van der Waals surface area contributed by atoms with Crippen LogP contribution in [0.2, 0.25) is 5.02 Å². The van der Waals surface area contributed by atoms with Crippen LogP contribution < -0.4 is 16.2 Å². The number of hydrogen-bond acceptors (Lipinski definition) is 5. The molecule has 28 heavy (non-hydrogen) atoms. The number of amides is 2. The Morgan fingerprint density at radius 1 is 1.39 bits per heavy atom. The van der Waals surface area contributed by atoms with Gasteiger partial charge in [0.25, 0.3) is 5.56 Å². The maximum Gasteiger partial charge on any atom is 0.257 e. The summed E-state index contributed by atoms with van der Waals surface area (Å²) in [5.74, 6) is -0.757. The van der Waals surface area contributed by atoms with Crippen LogP contribution in [0.3, 0.4) is 0 Å². The van der Waals surface area contributed by atoms with Crippen LogP contribution in [0.15, 0.2) is 28.2 Å². The average Bonchev–Trinajstić information content (AvgIpc) is 2.64. The van der Waals surface area contributed by atoms with Gasteiger partial charge < -0.3 is 15.6 Å². The van der Waals surface area contributed by atoms with E-state index in [0.29, 0.717) is 15.9 Å². The number of nitrogens with zero attached hydrogens (tertiary/aromatic N) is 1. The summed E-state index contributed by atoms with van der Waals surface area (Å²) in [5, 5.41) is 6.30. The van der Waals surface area contributed by atoms with Crippen molar-refractivity contribution in [3.05, 3.63) is 44.7 Å². The second kappa shape index (κ2) is 8.79. The summed E-state index contributed by atoms with van der Waals surface area (Å²) in [5.41, 5.74) is 1.15. The van der Waals surface area contributed by atoms with Crippen LogP contribution in [0, 0.1) is 6.92 Å². The second-order valence-electron chi connectivity index (χ2n) is 6.59. The molecule has 2 aromatic rings. The molecule has 0 radical (unpaired) electrons. The van der Waals surface area contributed by atoms with Gasteiger partial charge >= 0.3 is 0 Å². The first kappa shape index (κ1) is 20.4. The molecule has 0 unspecified atom stereocenters. The van der Waals surface area contributed by atoms with Crippen LogP contribution in [0.5, 0.6) is 0 Å². The van der Waals surface area contributed by atoms with Gasteiger partial charge in [-0.3, -0.25) is 14.4 Å². The van der Waals surface area contributed by atoms with E-state index in [0.717, 1.165) is 24.2 Å². The summed E-state index contributed by atoms with van der Waals surface area (Å²) in [6.07, 6.45) is 1.90. The van der Waals surface area contributed by atoms with E-state index in [1.54, 1.807) is 18.2 Å². The maximum atomic E-state index is 12.8. The van der Waals surface area contributed by atoms with Crippen LogP contribution in [0.25, 0.3) is 0 Å². The Hall–Kier alpha value is -2.32. The summed E-state index contributed by atoms with van der Waals surface area (Å²) in [7, 11) is 0. The summed E-state index contributed by atoms with van der Waals surface area (Å²) in [6, 6.07) is 5.14. The van der Waals surface area contributed by atoms with E-state index < -0.39 is 17.4 Å². The van der Waals surface area contributed by atoms with Gasteiger partial charge in [0, 0.05) is 22.9 Å². The van der Waals surface area contributed by atoms with E-state index in [1.807, 2.05) is 6.92 Å². The second-order valence-corrected chi connectivity index (χ2v) is 8.08. The molecular weight excluding hydrogens is 400 g/mol. The van der Waals surface area contributed by atoms with Crippen LogP contribution in [0.1, 0.15) is 43.2 Å². The molecule has 1 aliphatic rings. The first-order valence-corrected chi connectivity index (χ1v) is 10.4. The van der Waals surface area contributed by atoms with E-state index in [2.05, 4.69) is 27.5 Å². The Labute approximate surface area is 171 Å². The third-order valence-corrected chi connectivity index (χ3v) is 5.79. The molecule has 2 heterocycles. The fourth-order valence-corrected chi connectivity index (χ4v) is 3.98. The minimum atomic E-state index is -0.922. The van der Waals surface area contributed by atoms with Gasteiger partial charge in [0.15, 0.2) is 5.16 Å². The first-order valence-electron chi connectivity index (χ1n) is 9.03. The van der Waals surface area contributed by atoms with Crippen LogP contribution in [0.4, 0.5) is 11.5 Å². The summed E-state index contributed by atoms with van der Waals surface area (Å²) in [6.45, 7) is 3.94. The molecule has 0 aliphatic carbocycles. The van der Waals surface area contributed by atoms with Crippen LogP contribution in [-0.2, 0) is 9.59 Å². The van der Waals surface area contributed by atoms with Gasteiger partial charge in [-0.05, 0) is 31.0 Å². The summed E-state index contributed by atoms with van der Waals surface area (Å²) < 4.78 is 0. The molecule has 1 aromatic carbocycles. The van der Waals surface area contributed by atoms with Crippen molar-refractivity contribution in [1.29, 1.82) is 0 Å². The zero-order valence-corrected chi connectivity index (χ0v) is 17.2. The van der Waals surface area contributed by atoms with E-state index in [9.17, 15) is 14.4 Å². The Morgan fingerprint density at radius 2 is 2.18 bits per heavy atom. The number of nitrogens with one attached hydrogen (secondary N) is 3. The average molecular weight is 421 g/mol. The van der Waals surface area contributed by atoms with E-state index >= 15 is 0 Å². The van der Waals surface area contributed by atoms with Crippen LogP contribution >= 0.6 is 23.4 Å². The predicted molar refractivity (Wildman–Crippen MR) is 111 cm³/mol. The van der Waals surface area contributed by atoms with Crippen molar-refractivity contribution in [3.63, 3.8) is 0 Å². The lowest BCUT2D eigenvalue weighted by molar-refractivity contribution is -0.123. The normalized spacial score (nSPS) is 15.7. The minimum Gasteiger partial charge on any atom is -0.325 e. The Kier molecular flexibility index (Phi) is 6.41. The van der Waals surface area contributed by atoms with Crippen molar-refractivity contribution in [1.82, 2.24) is 9.97 Å². The number of unbranched alkanes of at least 4 members (excludes halogenated alkanes) is 1. The number of hydrogen-bond donors (Lipinski definition) is 3. The molecule has 1 aliphatic heterocycles. The van der Waals surface area contributed by atoms with E-state index in [4.69, 9.17) is 11.6 Å². The molecule has 0 bridgehead atoms. The minimum absolute atomic E-state index is 0.120. The van der Waals surface area contributed by atoms with Crippen molar-refractivity contribution < 1.29 is 9.59 Å². The van der Waals surface area contributed by atoms with Crippen LogP contribution in [-0.4, -0.2) is 27.5 Å². The number of fused-ring (bicyclic) bond motifs is 1. The quantitative estimate of drug-likeness (QED) is 0.375. The first-order chi connectivity index (χ1) is 13.4. The lowest BCUT2D eigenvalue weighted by Gasteiger charge is -2.23. The van der Waals surface area contributed by atoms with E-state index in [1.165, 1.54) is 11.8 Å².